The number of phenolic OH excluding ortho intramolecular Hbond substituents is 2. The van der Waals surface area contributed by atoms with Gasteiger partial charge >= 0.3 is 20.2 Å². The number of aromatic hydroxyl groups is 2. The summed E-state index contributed by atoms with van der Waals surface area (Å²) in [4.78, 5) is 0.709. The topological polar surface area (TPSA) is 232 Å². The van der Waals surface area contributed by atoms with Crippen molar-refractivity contribution in [3.8, 4) is 69.0 Å². The number of aryl methyl sites for hydroxylation is 2. The minimum Gasteiger partial charge on any atom is -0.508 e. The second kappa shape index (κ2) is 33.8. The van der Waals surface area contributed by atoms with Crippen LogP contribution in [-0.2, 0) is 61.6 Å². The Morgan fingerprint density at radius 1 is 0.195 bits per heavy atom. The zero-order valence-electron chi connectivity index (χ0n) is 66.6. The maximum Gasteiger partial charge on any atom is 0.339 e. The molecule has 0 bridgehead atoms. The van der Waals surface area contributed by atoms with Crippen molar-refractivity contribution in [2.75, 3.05) is 0 Å². The lowest BCUT2D eigenvalue weighted by Gasteiger charge is -2.26. The van der Waals surface area contributed by atoms with Gasteiger partial charge in [0.25, 0.3) is 0 Å². The number of phenols is 2. The van der Waals surface area contributed by atoms with Crippen LogP contribution in [0.5, 0.6) is 69.0 Å². The fraction of sp³-hybridized carbons (Fsp3) is 0.143. The van der Waals surface area contributed by atoms with Crippen LogP contribution < -0.4 is 27.3 Å². The van der Waals surface area contributed by atoms with Crippen molar-refractivity contribution >= 4 is 39.9 Å². The summed E-state index contributed by atoms with van der Waals surface area (Å²) in [6.45, 7) is 20.5. The Kier molecular flexibility index (Phi) is 23.9. The Labute approximate surface area is 690 Å². The van der Waals surface area contributed by atoms with E-state index < -0.39 is 50.7 Å². The predicted molar refractivity (Wildman–Crippen MR) is 458 cm³/mol. The fourth-order valence-corrected chi connectivity index (χ4v) is 17.7. The van der Waals surface area contributed by atoms with Gasteiger partial charge < -0.3 is 37.5 Å². The van der Waals surface area contributed by atoms with Crippen LogP contribution in [0.25, 0.3) is 0 Å². The van der Waals surface area contributed by atoms with E-state index in [1.54, 1.807) is 146 Å². The van der Waals surface area contributed by atoms with E-state index in [4.69, 9.17) is 27.3 Å². The Morgan fingerprint density at radius 3 is 0.517 bits per heavy atom. The van der Waals surface area contributed by atoms with Gasteiger partial charge in [-0.25, -0.2) is 16.8 Å². The highest BCUT2D eigenvalue weighted by atomic mass is 32.2. The summed E-state index contributed by atoms with van der Waals surface area (Å²) in [6.07, 6.45) is 0. The molecule has 0 saturated heterocycles. The fourth-order valence-electron chi connectivity index (χ4n) is 13.4. The van der Waals surface area contributed by atoms with E-state index in [-0.39, 0.29) is 63.2 Å². The molecule has 0 fully saturated rings. The molecule has 2 N–H and O–H groups in total. The molecule has 0 aromatic heterocycles. The van der Waals surface area contributed by atoms with E-state index in [2.05, 4.69) is 55.4 Å². The van der Waals surface area contributed by atoms with Crippen molar-refractivity contribution < 1.29 is 71.2 Å². The van der Waals surface area contributed by atoms with Gasteiger partial charge in [0, 0.05) is 21.7 Å². The highest BCUT2D eigenvalue weighted by Crippen LogP contribution is 2.41. The third-order valence-corrected chi connectivity index (χ3v) is 27.2. The van der Waals surface area contributed by atoms with Crippen LogP contribution in [0.4, 0.5) is 0 Å². The molecule has 20 heteroatoms. The number of ether oxygens (including phenoxy) is 4. The van der Waals surface area contributed by atoms with Crippen LogP contribution in [0.3, 0.4) is 0 Å². The van der Waals surface area contributed by atoms with Crippen LogP contribution >= 0.6 is 0 Å². The van der Waals surface area contributed by atoms with Crippen molar-refractivity contribution in [1.29, 1.82) is 0 Å². The molecule has 16 nitrogen and oxygen atoms in total. The smallest absolute Gasteiger partial charge is 0.339 e. The molecule has 0 unspecified atom stereocenters. The van der Waals surface area contributed by atoms with Gasteiger partial charge in [-0.15, -0.1) is 0 Å². The quantitative estimate of drug-likeness (QED) is 0.0480. The molecule has 0 aliphatic carbocycles. The second-order valence-electron chi connectivity index (χ2n) is 30.7. The molecule has 0 aliphatic heterocycles. The SMILES string of the molecule is CC(C)(c1ccc(O)cc1)c1ccc(Oc2ccc(S(=O)(=O)c3ccc(Oc4ccc(C(C)(C)c5ccc(O)cc5)cc4)cc3)cc2)cc1.Cc1ccc(S(=O)(=O)Oc2ccc(C(C)(C)c3ccc(Oc4ccc(S(=O)(=O)c5ccc(Oc6ccc(C(C)(C)c7ccc(OS(=O)(=O)c8ccc(C)cc8)cc7)cc6)cc5)cc4)cc3)cc2)cc1. The summed E-state index contributed by atoms with van der Waals surface area (Å²) < 4.78 is 140. The first-order chi connectivity index (χ1) is 56.0. The van der Waals surface area contributed by atoms with Crippen molar-refractivity contribution in [3.05, 3.63) is 395 Å². The first-order valence-electron chi connectivity index (χ1n) is 37.9. The summed E-state index contributed by atoms with van der Waals surface area (Å²) >= 11 is 0. The lowest BCUT2D eigenvalue weighted by Crippen LogP contribution is -2.18. The monoisotopic (exact) mass is 1650 g/mol. The number of rotatable bonds is 26. The molecule has 0 radical (unpaired) electrons. The number of benzene rings is 14. The van der Waals surface area contributed by atoms with E-state index in [9.17, 15) is 43.9 Å². The first kappa shape index (κ1) is 83.2. The maximum atomic E-state index is 13.6. The van der Waals surface area contributed by atoms with Crippen molar-refractivity contribution in [3.63, 3.8) is 0 Å². The summed E-state index contributed by atoms with van der Waals surface area (Å²) in [5, 5.41) is 19.3. The van der Waals surface area contributed by atoms with Gasteiger partial charge in [0.05, 0.1) is 19.6 Å². The first-order valence-corrected chi connectivity index (χ1v) is 43.7. The van der Waals surface area contributed by atoms with Crippen LogP contribution in [0.15, 0.2) is 369 Å². The van der Waals surface area contributed by atoms with Gasteiger partial charge in [-0.05, 0) is 277 Å². The zero-order chi connectivity index (χ0) is 84.0. The van der Waals surface area contributed by atoms with Gasteiger partial charge in [-0.2, -0.15) is 16.8 Å². The van der Waals surface area contributed by atoms with E-state index in [1.807, 2.05) is 159 Å². The van der Waals surface area contributed by atoms with Gasteiger partial charge in [-0.3, -0.25) is 0 Å². The van der Waals surface area contributed by atoms with Gasteiger partial charge in [0.15, 0.2) is 0 Å². The predicted octanol–water partition coefficient (Wildman–Crippen LogP) is 23.1. The molecule has 14 rings (SSSR count). The molecule has 118 heavy (non-hydrogen) atoms. The van der Waals surface area contributed by atoms with Crippen LogP contribution in [0.1, 0.15) is 111 Å². The molecule has 14 aromatic carbocycles. The van der Waals surface area contributed by atoms with E-state index in [0.717, 1.165) is 55.6 Å². The minimum absolute atomic E-state index is 0.0871. The molecule has 0 atom stereocenters. The molecule has 14 aromatic rings. The molecular weight excluding hydrogens is 1560 g/mol. The molecule has 0 saturated carbocycles. The van der Waals surface area contributed by atoms with E-state index in [0.29, 0.717) is 46.0 Å². The van der Waals surface area contributed by atoms with Crippen molar-refractivity contribution in [1.82, 2.24) is 0 Å². The Bertz CT molecular complexity index is 5930. The molecule has 600 valence electrons. The molecule has 0 heterocycles. The van der Waals surface area contributed by atoms with Gasteiger partial charge in [0.1, 0.15) is 78.8 Å². The summed E-state index contributed by atoms with van der Waals surface area (Å²) in [7, 11) is -15.6. The maximum absolute atomic E-state index is 13.6. The highest BCUT2D eigenvalue weighted by molar-refractivity contribution is 7.92. The highest BCUT2D eigenvalue weighted by Gasteiger charge is 2.30. The van der Waals surface area contributed by atoms with E-state index in [1.165, 1.54) is 48.5 Å². The normalized spacial score (nSPS) is 12.2. The standard InChI is InChI=1S/C56H50O10S3.C42H38O6S/c1-39-7-31-53(32-8-39)68(59,60)65-49-23-15-43(16-24-49)55(3,4)41-11-19-45(20-12-41)63-47-27-35-51(36-28-47)67(57,58)52-37-29-48(30-38-52)64-46-21-13-42(14-22-46)56(5,6)44-17-25-50(26-18-44)66-69(61,62)54-33-9-40(2)10-34-54;1-41(2,29-5-13-33(43)14-6-29)31-9-17-35(18-10-31)47-37-21-25-39(26-22-37)49(45,46)40-27-23-38(24-28-40)48-36-19-11-32(12-20-36)42(3,4)30-7-15-34(44)16-8-30/h7-38H,1-6H3;5-28,43-44H,1-4H3. The zero-order valence-corrected chi connectivity index (χ0v) is 69.8. The average Bonchev–Trinajstić information content (AvgIpc) is 0.806. The molecule has 0 amide bonds. The molecular formula is C98H88O16S4. The molecule has 0 aliphatic rings. The summed E-state index contributed by atoms with van der Waals surface area (Å²) in [5.74, 6) is 5.26. The third kappa shape index (κ3) is 19.2. The lowest BCUT2D eigenvalue weighted by atomic mass is 9.78. The Balaban J connectivity index is 0.000000217. The number of hydrogen-bond donors (Lipinski definition) is 2. The summed E-state index contributed by atoms with van der Waals surface area (Å²) in [5.41, 5.74) is 8.71. The Hall–Kier alpha value is -12.7. The largest absolute Gasteiger partial charge is 0.508 e. The Morgan fingerprint density at radius 2 is 0.339 bits per heavy atom. The second-order valence-corrected chi connectivity index (χ2v) is 37.7. The lowest BCUT2D eigenvalue weighted by molar-refractivity contribution is 0.473. The summed E-state index contributed by atoms with van der Waals surface area (Å²) in [6, 6.07) is 97.3. The molecule has 0 spiro atoms. The van der Waals surface area contributed by atoms with Gasteiger partial charge in [0.2, 0.25) is 19.7 Å². The minimum atomic E-state index is -3.97. The number of sulfone groups is 2. The average molecular weight is 1650 g/mol. The van der Waals surface area contributed by atoms with E-state index >= 15 is 0 Å². The van der Waals surface area contributed by atoms with Gasteiger partial charge in [-0.1, -0.05) is 188 Å². The van der Waals surface area contributed by atoms with Crippen molar-refractivity contribution in [2.45, 2.75) is 120 Å². The van der Waals surface area contributed by atoms with Crippen molar-refractivity contribution in [2.24, 2.45) is 0 Å². The van der Waals surface area contributed by atoms with Crippen LogP contribution in [0, 0.1) is 13.8 Å². The van der Waals surface area contributed by atoms with Crippen LogP contribution in [0.2, 0.25) is 0 Å². The number of hydrogen-bond acceptors (Lipinski definition) is 16. The third-order valence-electron chi connectivity index (χ3n) is 21.1. The van der Waals surface area contributed by atoms with Crippen LogP contribution in [-0.4, -0.2) is 43.9 Å².